The van der Waals surface area contributed by atoms with Crippen LogP contribution < -0.4 is 0 Å². The number of benzene rings is 1. The molecule has 0 aliphatic heterocycles. The number of nitrogens with zero attached hydrogens (tertiary/aromatic N) is 1. The van der Waals surface area contributed by atoms with Crippen LogP contribution in [-0.4, -0.2) is 10.1 Å². The maximum absolute atomic E-state index is 10.3. The smallest absolute Gasteiger partial charge is 0.101 e. The first kappa shape index (κ1) is 13.7. The molecule has 18 heavy (non-hydrogen) atoms. The average Bonchev–Trinajstić information content (AvgIpc) is 2.32. The van der Waals surface area contributed by atoms with Crippen LogP contribution in [-0.2, 0) is 6.42 Å². The Labute approximate surface area is 123 Å². The van der Waals surface area contributed by atoms with Gasteiger partial charge in [0.2, 0.25) is 0 Å². The molecule has 0 spiro atoms. The summed E-state index contributed by atoms with van der Waals surface area (Å²) in [5.74, 6) is 0. The molecule has 0 fully saturated rings. The minimum Gasteiger partial charge on any atom is -0.386 e. The molecule has 0 aliphatic carbocycles. The van der Waals surface area contributed by atoms with Gasteiger partial charge in [0.25, 0.3) is 0 Å². The van der Waals surface area contributed by atoms with E-state index in [1.807, 2.05) is 37.3 Å². The SMILES string of the molecule is Cc1ccccc1CC(O)c1ncc(Br)cc1Br. The normalized spacial score (nSPS) is 12.4. The molecule has 2 nitrogen and oxygen atoms in total. The number of rotatable bonds is 3. The Hall–Kier alpha value is -0.710. The van der Waals surface area contributed by atoms with E-state index in [1.54, 1.807) is 6.20 Å². The number of hydrogen-bond donors (Lipinski definition) is 1. The van der Waals surface area contributed by atoms with Gasteiger partial charge in [0.05, 0.1) is 5.69 Å². The molecule has 0 bridgehead atoms. The zero-order valence-electron chi connectivity index (χ0n) is 9.90. The van der Waals surface area contributed by atoms with Gasteiger partial charge in [-0.2, -0.15) is 0 Å². The van der Waals surface area contributed by atoms with E-state index in [0.29, 0.717) is 12.1 Å². The third-order valence-electron chi connectivity index (χ3n) is 2.83. The highest BCUT2D eigenvalue weighted by Gasteiger charge is 2.14. The van der Waals surface area contributed by atoms with E-state index in [4.69, 9.17) is 0 Å². The Morgan fingerprint density at radius 1 is 1.28 bits per heavy atom. The third kappa shape index (κ3) is 3.19. The fourth-order valence-corrected chi connectivity index (χ4v) is 3.07. The van der Waals surface area contributed by atoms with Gasteiger partial charge in [-0.15, -0.1) is 0 Å². The van der Waals surface area contributed by atoms with Crippen LogP contribution in [0, 0.1) is 6.92 Å². The fraction of sp³-hybridized carbons (Fsp3) is 0.214. The van der Waals surface area contributed by atoms with Gasteiger partial charge in [-0.1, -0.05) is 24.3 Å². The number of aryl methyl sites for hydroxylation is 1. The molecule has 4 heteroatoms. The Kier molecular flexibility index (Phi) is 4.54. The second-order valence-corrected chi connectivity index (χ2v) is 5.94. The summed E-state index contributed by atoms with van der Waals surface area (Å²) in [6.45, 7) is 2.05. The zero-order valence-corrected chi connectivity index (χ0v) is 13.1. The summed E-state index contributed by atoms with van der Waals surface area (Å²) >= 11 is 6.78. The summed E-state index contributed by atoms with van der Waals surface area (Å²) in [7, 11) is 0. The fourth-order valence-electron chi connectivity index (χ4n) is 1.81. The van der Waals surface area contributed by atoms with Gasteiger partial charge in [0, 0.05) is 21.6 Å². The van der Waals surface area contributed by atoms with Crippen LogP contribution in [0.15, 0.2) is 45.5 Å². The maximum Gasteiger partial charge on any atom is 0.101 e. The van der Waals surface area contributed by atoms with E-state index in [-0.39, 0.29) is 0 Å². The molecule has 1 atom stereocenters. The van der Waals surface area contributed by atoms with E-state index in [9.17, 15) is 5.11 Å². The van der Waals surface area contributed by atoms with Crippen LogP contribution in [0.1, 0.15) is 22.9 Å². The number of aromatic nitrogens is 1. The molecule has 0 saturated carbocycles. The van der Waals surface area contributed by atoms with Crippen molar-refractivity contribution in [3.63, 3.8) is 0 Å². The minimum atomic E-state index is -0.603. The molecule has 0 saturated heterocycles. The van der Waals surface area contributed by atoms with E-state index in [2.05, 4.69) is 36.8 Å². The molecule has 1 N–H and O–H groups in total. The number of hydrogen-bond acceptors (Lipinski definition) is 2. The highest BCUT2D eigenvalue weighted by atomic mass is 79.9. The molecular weight excluding hydrogens is 358 g/mol. The first-order chi connectivity index (χ1) is 8.58. The first-order valence-electron chi connectivity index (χ1n) is 5.61. The predicted octanol–water partition coefficient (Wildman–Crippen LogP) is 4.19. The van der Waals surface area contributed by atoms with E-state index in [1.165, 1.54) is 5.56 Å². The van der Waals surface area contributed by atoms with Gasteiger partial charge in [-0.25, -0.2) is 0 Å². The van der Waals surface area contributed by atoms with Crippen molar-refractivity contribution in [3.8, 4) is 0 Å². The van der Waals surface area contributed by atoms with Crippen LogP contribution in [0.3, 0.4) is 0 Å². The lowest BCUT2D eigenvalue weighted by Gasteiger charge is -2.13. The van der Waals surface area contributed by atoms with Crippen LogP contribution >= 0.6 is 31.9 Å². The minimum absolute atomic E-state index is 0.569. The summed E-state index contributed by atoms with van der Waals surface area (Å²) in [6, 6.07) is 9.96. The molecule has 2 rings (SSSR count). The summed E-state index contributed by atoms with van der Waals surface area (Å²) in [4.78, 5) is 4.26. The largest absolute Gasteiger partial charge is 0.386 e. The van der Waals surface area contributed by atoms with Crippen LogP contribution in [0.5, 0.6) is 0 Å². The number of aliphatic hydroxyl groups is 1. The first-order valence-corrected chi connectivity index (χ1v) is 7.20. The van der Waals surface area contributed by atoms with Crippen LogP contribution in [0.25, 0.3) is 0 Å². The van der Waals surface area contributed by atoms with Crippen molar-refractivity contribution < 1.29 is 5.11 Å². The quantitative estimate of drug-likeness (QED) is 0.878. The second kappa shape index (κ2) is 5.95. The molecule has 1 unspecified atom stereocenters. The molecule has 1 heterocycles. The second-order valence-electron chi connectivity index (χ2n) is 4.17. The van der Waals surface area contributed by atoms with Crippen molar-refractivity contribution in [2.75, 3.05) is 0 Å². The zero-order chi connectivity index (χ0) is 13.1. The topological polar surface area (TPSA) is 33.1 Å². The third-order valence-corrected chi connectivity index (χ3v) is 3.90. The van der Waals surface area contributed by atoms with Gasteiger partial charge < -0.3 is 5.11 Å². The summed E-state index contributed by atoms with van der Waals surface area (Å²) < 4.78 is 1.71. The number of aliphatic hydroxyl groups excluding tert-OH is 1. The lowest BCUT2D eigenvalue weighted by atomic mass is 10.0. The Morgan fingerprint density at radius 2 is 2.00 bits per heavy atom. The van der Waals surface area contributed by atoms with Gasteiger partial charge in [-0.3, -0.25) is 4.98 Å². The summed E-state index contributed by atoms with van der Waals surface area (Å²) in [6.07, 6.45) is 1.66. The Morgan fingerprint density at radius 3 is 2.67 bits per heavy atom. The number of pyridine rings is 1. The Bertz CT molecular complexity index is 557. The van der Waals surface area contributed by atoms with Crippen molar-refractivity contribution in [1.29, 1.82) is 0 Å². The van der Waals surface area contributed by atoms with Crippen LogP contribution in [0.2, 0.25) is 0 Å². The monoisotopic (exact) mass is 369 g/mol. The number of halogens is 2. The lowest BCUT2D eigenvalue weighted by Crippen LogP contribution is -2.06. The summed E-state index contributed by atoms with van der Waals surface area (Å²) in [5.41, 5.74) is 2.99. The predicted molar refractivity (Wildman–Crippen MR) is 79.5 cm³/mol. The highest BCUT2D eigenvalue weighted by molar-refractivity contribution is 9.11. The van der Waals surface area contributed by atoms with Crippen molar-refractivity contribution in [1.82, 2.24) is 4.98 Å². The molecule has 1 aromatic carbocycles. The molecule has 94 valence electrons. The maximum atomic E-state index is 10.3. The van der Waals surface area contributed by atoms with E-state index in [0.717, 1.165) is 14.5 Å². The van der Waals surface area contributed by atoms with Crippen molar-refractivity contribution >= 4 is 31.9 Å². The summed E-state index contributed by atoms with van der Waals surface area (Å²) in [5, 5.41) is 10.3. The van der Waals surface area contributed by atoms with Gasteiger partial charge in [0.15, 0.2) is 0 Å². The molecule has 1 aromatic heterocycles. The Balaban J connectivity index is 2.22. The van der Waals surface area contributed by atoms with E-state index >= 15 is 0 Å². The lowest BCUT2D eigenvalue weighted by molar-refractivity contribution is 0.172. The van der Waals surface area contributed by atoms with Gasteiger partial charge >= 0.3 is 0 Å². The van der Waals surface area contributed by atoms with Crippen molar-refractivity contribution in [2.45, 2.75) is 19.4 Å². The average molecular weight is 371 g/mol. The van der Waals surface area contributed by atoms with Gasteiger partial charge in [-0.05, 0) is 56.0 Å². The molecule has 0 radical (unpaired) electrons. The molecule has 2 aromatic rings. The molecule has 0 amide bonds. The van der Waals surface area contributed by atoms with Crippen molar-refractivity contribution in [3.05, 3.63) is 62.3 Å². The molecular formula is C14H13Br2NO. The van der Waals surface area contributed by atoms with E-state index < -0.39 is 6.10 Å². The standard InChI is InChI=1S/C14H13Br2NO/c1-9-4-2-3-5-10(9)6-13(18)14-12(16)7-11(15)8-17-14/h2-5,7-8,13,18H,6H2,1H3. The highest BCUT2D eigenvalue weighted by Crippen LogP contribution is 2.27. The van der Waals surface area contributed by atoms with Gasteiger partial charge in [0.1, 0.15) is 6.10 Å². The van der Waals surface area contributed by atoms with Crippen molar-refractivity contribution in [2.24, 2.45) is 0 Å². The van der Waals surface area contributed by atoms with Crippen LogP contribution in [0.4, 0.5) is 0 Å². The molecule has 0 aliphatic rings.